The van der Waals surface area contributed by atoms with Gasteiger partial charge in [0.25, 0.3) is 0 Å². The van der Waals surface area contributed by atoms with Crippen molar-refractivity contribution < 1.29 is 42.9 Å². The molecule has 2 atom stereocenters. The fourth-order valence-corrected chi connectivity index (χ4v) is 3.38. The summed E-state index contributed by atoms with van der Waals surface area (Å²) in [6.07, 6.45) is -0.185. The predicted molar refractivity (Wildman–Crippen MR) is 146 cm³/mol. The predicted octanol–water partition coefficient (Wildman–Crippen LogP) is 5.00. The second kappa shape index (κ2) is 15.5. The maximum absolute atomic E-state index is 12.6. The monoisotopic (exact) mass is 551 g/mol. The molecule has 0 fully saturated rings. The van der Waals surface area contributed by atoms with Gasteiger partial charge in [-0.2, -0.15) is 0 Å². The van der Waals surface area contributed by atoms with Crippen molar-refractivity contribution in [3.05, 3.63) is 23.8 Å². The summed E-state index contributed by atoms with van der Waals surface area (Å²) in [4.78, 5) is 49.3. The zero-order valence-electron chi connectivity index (χ0n) is 24.8. The first-order chi connectivity index (χ1) is 18.0. The lowest BCUT2D eigenvalue weighted by atomic mass is 9.92. The van der Waals surface area contributed by atoms with Crippen LogP contribution in [-0.2, 0) is 35.0 Å². The molecule has 0 bridgehead atoms. The molecular weight excluding hydrogens is 506 g/mol. The first-order valence-corrected chi connectivity index (χ1v) is 13.2. The smallest absolute Gasteiger partial charge is 0.468 e. The quantitative estimate of drug-likeness (QED) is 0.264. The van der Waals surface area contributed by atoms with Crippen molar-refractivity contribution in [2.75, 3.05) is 20.3 Å². The summed E-state index contributed by atoms with van der Waals surface area (Å²) in [7, 11) is 1.27. The number of hydrogen-bond donors (Lipinski definition) is 1. The summed E-state index contributed by atoms with van der Waals surface area (Å²) in [6, 6.07) is 4.00. The van der Waals surface area contributed by atoms with E-state index in [0.717, 1.165) is 0 Å². The molecule has 0 aliphatic heterocycles. The van der Waals surface area contributed by atoms with Gasteiger partial charge in [-0.3, -0.25) is 14.4 Å². The normalized spacial score (nSPS) is 13.2. The summed E-state index contributed by atoms with van der Waals surface area (Å²) in [6.45, 7) is 15.5. The van der Waals surface area contributed by atoms with Crippen LogP contribution in [0.2, 0.25) is 0 Å². The van der Waals surface area contributed by atoms with Gasteiger partial charge in [-0.25, -0.2) is 4.79 Å². The van der Waals surface area contributed by atoms with E-state index in [1.807, 2.05) is 48.5 Å². The van der Waals surface area contributed by atoms with Crippen LogP contribution < -0.4 is 14.8 Å². The van der Waals surface area contributed by atoms with Crippen molar-refractivity contribution in [1.82, 2.24) is 5.32 Å². The molecule has 0 saturated carbocycles. The molecule has 10 nitrogen and oxygen atoms in total. The van der Waals surface area contributed by atoms with E-state index in [1.54, 1.807) is 25.1 Å². The van der Waals surface area contributed by atoms with Gasteiger partial charge in [0.1, 0.15) is 12.1 Å². The summed E-state index contributed by atoms with van der Waals surface area (Å²) < 4.78 is 26.2. The van der Waals surface area contributed by atoms with Gasteiger partial charge in [0.05, 0.1) is 26.6 Å². The third-order valence-electron chi connectivity index (χ3n) is 5.10. The van der Waals surface area contributed by atoms with E-state index in [0.29, 0.717) is 12.0 Å². The highest BCUT2D eigenvalue weighted by atomic mass is 16.7. The lowest BCUT2D eigenvalue weighted by molar-refractivity contribution is -0.143. The number of methoxy groups -OCH3 is 1. The van der Waals surface area contributed by atoms with E-state index in [4.69, 9.17) is 23.7 Å². The minimum Gasteiger partial charge on any atom is -0.468 e. The summed E-state index contributed by atoms with van der Waals surface area (Å²) in [5, 5.41) is 3.04. The third-order valence-corrected chi connectivity index (χ3v) is 5.10. The molecule has 0 saturated heterocycles. The summed E-state index contributed by atoms with van der Waals surface area (Å²) in [5.74, 6) is -1.25. The van der Waals surface area contributed by atoms with Crippen LogP contribution in [0.3, 0.4) is 0 Å². The standard InChI is InChI=1S/C29H45NO9/c1-10-13-36-27(34)37-19(2)18-30-21(26(33)35-9)14-20-11-12-22(38-24(31)16-28(3,4)5)23(15-20)39-25(32)17-29(6,7)8/h11-12,15,19,21,30H,10,13-14,16-18H2,1-9H3/t19?,21-/m0/s1. The molecule has 10 heteroatoms. The molecule has 0 spiro atoms. The van der Waals surface area contributed by atoms with Crippen LogP contribution in [0.4, 0.5) is 4.79 Å². The lowest BCUT2D eigenvalue weighted by Crippen LogP contribution is -2.43. The van der Waals surface area contributed by atoms with Gasteiger partial charge < -0.3 is 29.0 Å². The van der Waals surface area contributed by atoms with E-state index in [2.05, 4.69) is 5.32 Å². The Bertz CT molecular complexity index is 976. The van der Waals surface area contributed by atoms with E-state index in [-0.39, 0.29) is 54.7 Å². The van der Waals surface area contributed by atoms with Crippen LogP contribution in [0.15, 0.2) is 18.2 Å². The second-order valence-corrected chi connectivity index (χ2v) is 11.9. The number of nitrogens with one attached hydrogen (secondary N) is 1. The minimum absolute atomic E-state index is 0.0861. The van der Waals surface area contributed by atoms with E-state index >= 15 is 0 Å². The Labute approximate surface area is 232 Å². The highest BCUT2D eigenvalue weighted by Gasteiger charge is 2.25. The van der Waals surface area contributed by atoms with E-state index in [1.165, 1.54) is 7.11 Å². The molecule has 0 amide bonds. The van der Waals surface area contributed by atoms with Crippen molar-refractivity contribution in [2.24, 2.45) is 10.8 Å². The highest BCUT2D eigenvalue weighted by molar-refractivity contribution is 5.78. The van der Waals surface area contributed by atoms with Crippen LogP contribution in [0.1, 0.15) is 80.2 Å². The summed E-state index contributed by atoms with van der Waals surface area (Å²) >= 11 is 0. The van der Waals surface area contributed by atoms with Gasteiger partial charge in [-0.1, -0.05) is 54.5 Å². The highest BCUT2D eigenvalue weighted by Crippen LogP contribution is 2.32. The molecule has 39 heavy (non-hydrogen) atoms. The summed E-state index contributed by atoms with van der Waals surface area (Å²) in [5.41, 5.74) is 0.0370. The SMILES string of the molecule is CCCOC(=O)OC(C)CN[C@@H](Cc1ccc(OC(=O)CC(C)(C)C)c(OC(=O)CC(C)(C)C)c1)C(=O)OC. The number of carbonyl (C=O) groups is 4. The number of benzene rings is 1. The number of esters is 3. The Morgan fingerprint density at radius 2 is 1.46 bits per heavy atom. The molecule has 0 radical (unpaired) electrons. The molecule has 1 aromatic rings. The molecule has 1 unspecified atom stereocenters. The maximum Gasteiger partial charge on any atom is 0.508 e. The topological polar surface area (TPSA) is 126 Å². The fourth-order valence-electron chi connectivity index (χ4n) is 3.38. The van der Waals surface area contributed by atoms with Crippen LogP contribution in [0.25, 0.3) is 0 Å². The molecule has 1 N–H and O–H groups in total. The van der Waals surface area contributed by atoms with E-state index < -0.39 is 36.2 Å². The number of carbonyl (C=O) groups excluding carboxylic acids is 4. The Balaban J connectivity index is 3.10. The Morgan fingerprint density at radius 1 is 0.897 bits per heavy atom. The molecule has 0 aliphatic carbocycles. The molecule has 0 aromatic heterocycles. The number of ether oxygens (including phenoxy) is 5. The number of hydrogen-bond acceptors (Lipinski definition) is 10. The number of rotatable bonds is 13. The van der Waals surface area contributed by atoms with Crippen molar-refractivity contribution in [2.45, 2.75) is 93.2 Å². The molecule has 1 aromatic carbocycles. The molecule has 0 aliphatic rings. The Morgan fingerprint density at radius 3 is 1.97 bits per heavy atom. The lowest BCUT2D eigenvalue weighted by Gasteiger charge is -2.21. The zero-order valence-corrected chi connectivity index (χ0v) is 24.8. The average Bonchev–Trinajstić information content (AvgIpc) is 2.78. The minimum atomic E-state index is -0.792. The van der Waals surface area contributed by atoms with Gasteiger partial charge in [0, 0.05) is 6.54 Å². The second-order valence-electron chi connectivity index (χ2n) is 11.9. The largest absolute Gasteiger partial charge is 0.508 e. The van der Waals surface area contributed by atoms with Crippen LogP contribution >= 0.6 is 0 Å². The first-order valence-electron chi connectivity index (χ1n) is 13.2. The van der Waals surface area contributed by atoms with Gasteiger partial charge in [0.2, 0.25) is 0 Å². The molecule has 1 rings (SSSR count). The van der Waals surface area contributed by atoms with Gasteiger partial charge in [-0.05, 0) is 48.3 Å². The van der Waals surface area contributed by atoms with Gasteiger partial charge in [0.15, 0.2) is 11.5 Å². The molecule has 220 valence electrons. The van der Waals surface area contributed by atoms with Crippen molar-refractivity contribution >= 4 is 24.1 Å². The van der Waals surface area contributed by atoms with Crippen LogP contribution in [0, 0.1) is 10.8 Å². The van der Waals surface area contributed by atoms with Crippen molar-refractivity contribution in [3.63, 3.8) is 0 Å². The Hall–Kier alpha value is -3.14. The molecular formula is C29H45NO9. The van der Waals surface area contributed by atoms with Crippen molar-refractivity contribution in [3.8, 4) is 11.5 Å². The molecule has 0 heterocycles. The third kappa shape index (κ3) is 14.6. The Kier molecular flexibility index (Phi) is 13.4. The first kappa shape index (κ1) is 33.9. The maximum atomic E-state index is 12.6. The van der Waals surface area contributed by atoms with Crippen molar-refractivity contribution in [1.29, 1.82) is 0 Å². The average molecular weight is 552 g/mol. The van der Waals surface area contributed by atoms with Crippen LogP contribution in [-0.4, -0.2) is 56.5 Å². The van der Waals surface area contributed by atoms with Gasteiger partial charge >= 0.3 is 24.1 Å². The van der Waals surface area contributed by atoms with Crippen LogP contribution in [0.5, 0.6) is 11.5 Å². The van der Waals surface area contributed by atoms with Gasteiger partial charge in [-0.15, -0.1) is 0 Å². The zero-order chi connectivity index (χ0) is 29.8. The fraction of sp³-hybridized carbons (Fsp3) is 0.655. The van der Waals surface area contributed by atoms with E-state index in [9.17, 15) is 19.2 Å².